The summed E-state index contributed by atoms with van der Waals surface area (Å²) in [6.45, 7) is 8.37. The fourth-order valence-electron chi connectivity index (χ4n) is 5.18. The van der Waals surface area contributed by atoms with Gasteiger partial charge in [-0.15, -0.1) is 11.3 Å². The number of rotatable bonds is 3. The molecular formula is C20H31N3OS. The van der Waals surface area contributed by atoms with Crippen LogP contribution in [-0.2, 0) is 11.3 Å². The van der Waals surface area contributed by atoms with Gasteiger partial charge in [-0.25, -0.2) is 4.98 Å². The van der Waals surface area contributed by atoms with Crippen molar-refractivity contribution in [2.75, 3.05) is 19.6 Å². The fraction of sp³-hybridized carbons (Fsp3) is 0.800. The maximum atomic E-state index is 13.3. The topological polar surface area (TPSA) is 36.4 Å². The summed E-state index contributed by atoms with van der Waals surface area (Å²) in [5, 5.41) is 1.15. The molecule has 2 aliphatic heterocycles. The quantitative estimate of drug-likeness (QED) is 0.817. The molecule has 1 aliphatic carbocycles. The predicted octanol–water partition coefficient (Wildman–Crippen LogP) is 3.99. The van der Waals surface area contributed by atoms with Gasteiger partial charge in [0, 0.05) is 48.2 Å². The number of carbonyl (C=O) groups excluding carboxylic acids is 1. The zero-order chi connectivity index (χ0) is 17.5. The monoisotopic (exact) mass is 361 g/mol. The molecule has 1 atom stereocenters. The van der Waals surface area contributed by atoms with Gasteiger partial charge < -0.3 is 4.90 Å². The van der Waals surface area contributed by atoms with Crippen molar-refractivity contribution in [3.63, 3.8) is 0 Å². The van der Waals surface area contributed by atoms with E-state index in [9.17, 15) is 4.79 Å². The van der Waals surface area contributed by atoms with Crippen LogP contribution in [0, 0.1) is 12.3 Å². The average Bonchev–Trinajstić information content (AvgIpc) is 3.04. The van der Waals surface area contributed by atoms with Gasteiger partial charge in [0.25, 0.3) is 0 Å². The summed E-state index contributed by atoms with van der Waals surface area (Å²) in [6, 6.07) is 0. The van der Waals surface area contributed by atoms with Crippen LogP contribution in [0.4, 0.5) is 0 Å². The molecule has 138 valence electrons. The lowest BCUT2D eigenvalue weighted by atomic mass is 9.72. The summed E-state index contributed by atoms with van der Waals surface area (Å²) in [5.74, 6) is 0.437. The first-order chi connectivity index (χ1) is 12.0. The van der Waals surface area contributed by atoms with E-state index in [4.69, 9.17) is 0 Å². The minimum Gasteiger partial charge on any atom is -0.340 e. The third-order valence-electron chi connectivity index (χ3n) is 6.85. The summed E-state index contributed by atoms with van der Waals surface area (Å²) in [6.07, 6.45) is 11.6. The summed E-state index contributed by atoms with van der Waals surface area (Å²) in [7, 11) is 0. The number of hydrogen-bond donors (Lipinski definition) is 0. The van der Waals surface area contributed by atoms with Crippen LogP contribution in [0.5, 0.6) is 0 Å². The molecule has 0 radical (unpaired) electrons. The summed E-state index contributed by atoms with van der Waals surface area (Å²) >= 11 is 1.81. The number of amides is 1. The maximum absolute atomic E-state index is 13.3. The highest BCUT2D eigenvalue weighted by atomic mass is 32.1. The molecule has 3 aliphatic rings. The molecule has 4 nitrogen and oxygen atoms in total. The van der Waals surface area contributed by atoms with E-state index >= 15 is 0 Å². The predicted molar refractivity (Wildman–Crippen MR) is 102 cm³/mol. The van der Waals surface area contributed by atoms with Crippen molar-refractivity contribution in [2.24, 2.45) is 5.41 Å². The van der Waals surface area contributed by atoms with E-state index < -0.39 is 0 Å². The van der Waals surface area contributed by atoms with Crippen LogP contribution < -0.4 is 0 Å². The zero-order valence-electron chi connectivity index (χ0n) is 15.7. The first kappa shape index (κ1) is 17.5. The second-order valence-electron chi connectivity index (χ2n) is 8.69. The molecule has 0 bridgehead atoms. The normalized spacial score (nSPS) is 29.6. The van der Waals surface area contributed by atoms with Gasteiger partial charge in [0.05, 0.1) is 5.01 Å². The van der Waals surface area contributed by atoms with E-state index in [0.29, 0.717) is 5.91 Å². The molecule has 0 unspecified atom stereocenters. The molecule has 25 heavy (non-hydrogen) atoms. The van der Waals surface area contributed by atoms with E-state index in [1.807, 2.05) is 17.5 Å². The molecule has 1 saturated carbocycles. The minimum atomic E-state index is -0.0971. The van der Waals surface area contributed by atoms with Crippen molar-refractivity contribution in [1.29, 1.82) is 0 Å². The van der Waals surface area contributed by atoms with Gasteiger partial charge in [-0.3, -0.25) is 9.69 Å². The highest BCUT2D eigenvalue weighted by molar-refractivity contribution is 7.11. The number of piperidine rings is 1. The molecule has 2 saturated heterocycles. The Kier molecular flexibility index (Phi) is 4.65. The van der Waals surface area contributed by atoms with Crippen molar-refractivity contribution >= 4 is 17.2 Å². The van der Waals surface area contributed by atoms with E-state index in [-0.39, 0.29) is 11.0 Å². The van der Waals surface area contributed by atoms with Crippen molar-refractivity contribution in [3.05, 3.63) is 16.1 Å². The van der Waals surface area contributed by atoms with E-state index in [0.717, 1.165) is 50.4 Å². The Morgan fingerprint density at radius 2 is 1.96 bits per heavy atom. The van der Waals surface area contributed by atoms with Gasteiger partial charge >= 0.3 is 0 Å². The smallest absolute Gasteiger partial charge is 0.228 e. The summed E-state index contributed by atoms with van der Waals surface area (Å²) < 4.78 is 0. The Balaban J connectivity index is 1.44. The van der Waals surface area contributed by atoms with E-state index in [2.05, 4.69) is 28.6 Å². The van der Waals surface area contributed by atoms with Crippen LogP contribution in [0.1, 0.15) is 68.2 Å². The van der Waals surface area contributed by atoms with Gasteiger partial charge in [-0.05, 0) is 39.0 Å². The molecule has 3 fully saturated rings. The molecule has 3 heterocycles. The number of hydrogen-bond acceptors (Lipinski definition) is 4. The highest BCUT2D eigenvalue weighted by Gasteiger charge is 2.49. The number of aromatic nitrogens is 1. The second kappa shape index (κ2) is 6.66. The van der Waals surface area contributed by atoms with Gasteiger partial charge in [0.15, 0.2) is 0 Å². The highest BCUT2D eigenvalue weighted by Crippen LogP contribution is 2.43. The van der Waals surface area contributed by atoms with Crippen LogP contribution in [0.25, 0.3) is 0 Å². The standard InChI is InChI=1S/C20H31N3OS/c1-16-21-13-17(25-16)14-23-12-10-20(23)9-6-11-22(15-20)18(24)19(2)7-4-3-5-8-19/h13H,3-12,14-15H2,1-2H3/t20-/m1/s1. The first-order valence-corrected chi connectivity index (χ1v) is 10.8. The minimum absolute atomic E-state index is 0.0971. The maximum Gasteiger partial charge on any atom is 0.228 e. The van der Waals surface area contributed by atoms with Crippen molar-refractivity contribution in [3.8, 4) is 0 Å². The van der Waals surface area contributed by atoms with Crippen LogP contribution >= 0.6 is 11.3 Å². The SMILES string of the molecule is Cc1ncc(CN2CC[C@@]23CCCN(C(=O)C2(C)CCCCC2)C3)s1. The Bertz CT molecular complexity index is 637. The van der Waals surface area contributed by atoms with Crippen LogP contribution in [-0.4, -0.2) is 45.9 Å². The van der Waals surface area contributed by atoms with E-state index in [1.165, 1.54) is 37.0 Å². The number of aryl methyl sites for hydroxylation is 1. The third-order valence-corrected chi connectivity index (χ3v) is 7.75. The zero-order valence-corrected chi connectivity index (χ0v) is 16.5. The van der Waals surface area contributed by atoms with Crippen molar-refractivity contribution in [1.82, 2.24) is 14.8 Å². The Hall–Kier alpha value is -0.940. The summed E-state index contributed by atoms with van der Waals surface area (Å²) in [5.41, 5.74) is 0.136. The molecular weight excluding hydrogens is 330 g/mol. The molecule has 4 rings (SSSR count). The number of thiazole rings is 1. The largest absolute Gasteiger partial charge is 0.340 e. The van der Waals surface area contributed by atoms with Crippen LogP contribution in [0.2, 0.25) is 0 Å². The Morgan fingerprint density at radius 1 is 1.16 bits per heavy atom. The number of carbonyl (C=O) groups is 1. The van der Waals surface area contributed by atoms with Gasteiger partial charge in [0.2, 0.25) is 5.91 Å². The lowest BCUT2D eigenvalue weighted by Crippen LogP contribution is -2.67. The molecule has 0 N–H and O–H groups in total. The molecule has 5 heteroatoms. The molecule has 1 aromatic heterocycles. The van der Waals surface area contributed by atoms with Gasteiger partial charge in [-0.2, -0.15) is 0 Å². The molecule has 1 aromatic rings. The Morgan fingerprint density at radius 3 is 2.60 bits per heavy atom. The second-order valence-corrected chi connectivity index (χ2v) is 10.0. The number of likely N-dealkylation sites (tertiary alicyclic amines) is 2. The van der Waals surface area contributed by atoms with Crippen LogP contribution in [0.3, 0.4) is 0 Å². The van der Waals surface area contributed by atoms with Gasteiger partial charge in [-0.1, -0.05) is 26.2 Å². The molecule has 1 amide bonds. The summed E-state index contributed by atoms with van der Waals surface area (Å²) in [4.78, 5) is 23.9. The van der Waals surface area contributed by atoms with Gasteiger partial charge in [0.1, 0.15) is 0 Å². The average molecular weight is 362 g/mol. The lowest BCUT2D eigenvalue weighted by molar-refractivity contribution is -0.152. The van der Waals surface area contributed by atoms with Crippen molar-refractivity contribution < 1.29 is 4.79 Å². The fourth-order valence-corrected chi connectivity index (χ4v) is 5.99. The molecule has 1 spiro atoms. The number of nitrogens with zero attached hydrogens (tertiary/aromatic N) is 3. The lowest BCUT2D eigenvalue weighted by Gasteiger charge is -2.57. The van der Waals surface area contributed by atoms with E-state index in [1.54, 1.807) is 0 Å². The van der Waals surface area contributed by atoms with Crippen molar-refractivity contribution in [2.45, 2.75) is 77.3 Å². The molecule has 0 aromatic carbocycles. The van der Waals surface area contributed by atoms with Crippen LogP contribution in [0.15, 0.2) is 6.20 Å². The third kappa shape index (κ3) is 3.25. The first-order valence-electron chi connectivity index (χ1n) is 9.97. The Labute approximate surface area is 155 Å².